The lowest BCUT2D eigenvalue weighted by molar-refractivity contribution is -0.147. The van der Waals surface area contributed by atoms with Crippen molar-refractivity contribution in [2.75, 3.05) is 6.61 Å². The van der Waals surface area contributed by atoms with Crippen molar-refractivity contribution < 1.29 is 24.2 Å². The van der Waals surface area contributed by atoms with Crippen LogP contribution in [0.25, 0.3) is 0 Å². The number of carboxylic acids is 1. The summed E-state index contributed by atoms with van der Waals surface area (Å²) >= 11 is 0. The van der Waals surface area contributed by atoms with E-state index in [1.165, 1.54) is 31.2 Å². The van der Waals surface area contributed by atoms with Crippen LogP contribution in [0.2, 0.25) is 0 Å². The monoisotopic (exact) mass is 250 g/mol. The largest absolute Gasteiger partial charge is 0.478 e. The quantitative estimate of drug-likeness (QED) is 0.634. The van der Waals surface area contributed by atoms with E-state index in [1.54, 1.807) is 6.92 Å². The molecule has 0 spiro atoms. The van der Waals surface area contributed by atoms with E-state index < -0.39 is 17.9 Å². The molecule has 1 N–H and O–H groups in total. The molecule has 1 rings (SSSR count). The van der Waals surface area contributed by atoms with Crippen molar-refractivity contribution >= 4 is 17.7 Å². The molecule has 5 heteroatoms. The lowest BCUT2D eigenvalue weighted by atomic mass is 9.94. The topological polar surface area (TPSA) is 80.7 Å². The molecule has 96 valence electrons. The zero-order valence-electron chi connectivity index (χ0n) is 10.2. The van der Waals surface area contributed by atoms with E-state index in [2.05, 4.69) is 0 Å². The van der Waals surface area contributed by atoms with Gasteiger partial charge < -0.3 is 9.84 Å². The second-order valence-corrected chi connectivity index (χ2v) is 3.73. The second-order valence-electron chi connectivity index (χ2n) is 3.73. The lowest BCUT2D eigenvalue weighted by Gasteiger charge is -2.13. The van der Waals surface area contributed by atoms with Gasteiger partial charge in [0.25, 0.3) is 0 Å². The molecule has 0 aliphatic carbocycles. The van der Waals surface area contributed by atoms with Crippen LogP contribution in [0.4, 0.5) is 0 Å². The highest BCUT2D eigenvalue weighted by atomic mass is 16.5. The number of benzene rings is 1. The van der Waals surface area contributed by atoms with Gasteiger partial charge in [-0.2, -0.15) is 0 Å². The van der Waals surface area contributed by atoms with Gasteiger partial charge in [-0.3, -0.25) is 9.59 Å². The Morgan fingerprint density at radius 3 is 2.50 bits per heavy atom. The second kappa shape index (κ2) is 5.95. The number of carboxylic acid groups (broad SMARTS) is 1. The van der Waals surface area contributed by atoms with Gasteiger partial charge in [-0.05, 0) is 31.5 Å². The van der Waals surface area contributed by atoms with E-state index in [1.807, 2.05) is 0 Å². The summed E-state index contributed by atoms with van der Waals surface area (Å²) in [7, 11) is 0. The first kappa shape index (κ1) is 13.9. The molecule has 0 heterocycles. The van der Waals surface area contributed by atoms with Crippen molar-refractivity contribution in [3.05, 3.63) is 35.4 Å². The Balaban J connectivity index is 3.14. The Morgan fingerprint density at radius 2 is 2.00 bits per heavy atom. The maximum Gasteiger partial charge on any atom is 0.335 e. The Hall–Kier alpha value is -2.17. The molecule has 1 aromatic rings. The van der Waals surface area contributed by atoms with Gasteiger partial charge in [0, 0.05) is 0 Å². The molecular weight excluding hydrogens is 236 g/mol. The number of Topliss-reactive ketones (excluding diaryl/α,β-unsaturated/α-hetero) is 1. The van der Waals surface area contributed by atoms with Crippen LogP contribution in [-0.2, 0) is 14.3 Å². The predicted octanol–water partition coefficient (Wildman–Crippen LogP) is 1.62. The summed E-state index contributed by atoms with van der Waals surface area (Å²) < 4.78 is 4.81. The van der Waals surface area contributed by atoms with Crippen LogP contribution in [0, 0.1) is 0 Å². The van der Waals surface area contributed by atoms with Crippen LogP contribution < -0.4 is 0 Å². The zero-order chi connectivity index (χ0) is 13.7. The number of hydrogen-bond acceptors (Lipinski definition) is 4. The van der Waals surface area contributed by atoms with Gasteiger partial charge in [0.2, 0.25) is 0 Å². The van der Waals surface area contributed by atoms with Gasteiger partial charge >= 0.3 is 11.9 Å². The number of ether oxygens (including phenoxy) is 1. The standard InChI is InChI=1S/C13H14O5/c1-3-18-13(17)11(8(2)14)9-5-4-6-10(7-9)12(15)16/h4-7,11H,3H2,1-2H3,(H,15,16). The molecule has 0 saturated carbocycles. The Bertz CT molecular complexity index is 478. The maximum atomic E-state index is 11.7. The molecule has 0 aliphatic rings. The van der Waals surface area contributed by atoms with Crippen LogP contribution in [0.3, 0.4) is 0 Å². The maximum absolute atomic E-state index is 11.7. The van der Waals surface area contributed by atoms with Crippen molar-refractivity contribution in [1.82, 2.24) is 0 Å². The third-order valence-corrected chi connectivity index (χ3v) is 2.40. The summed E-state index contributed by atoms with van der Waals surface area (Å²) in [5, 5.41) is 8.87. The minimum absolute atomic E-state index is 0.0306. The van der Waals surface area contributed by atoms with E-state index in [-0.39, 0.29) is 18.0 Å². The molecule has 0 aliphatic heterocycles. The number of carbonyl (C=O) groups is 3. The molecule has 0 saturated heterocycles. The van der Waals surface area contributed by atoms with E-state index in [4.69, 9.17) is 9.84 Å². The molecule has 1 atom stereocenters. The van der Waals surface area contributed by atoms with Gasteiger partial charge in [-0.25, -0.2) is 4.79 Å². The average Bonchev–Trinajstić information content (AvgIpc) is 2.29. The molecular formula is C13H14O5. The van der Waals surface area contributed by atoms with Gasteiger partial charge in [0.15, 0.2) is 0 Å². The van der Waals surface area contributed by atoms with E-state index in [0.29, 0.717) is 5.56 Å². The van der Waals surface area contributed by atoms with Crippen LogP contribution in [0.5, 0.6) is 0 Å². The summed E-state index contributed by atoms with van der Waals surface area (Å²) in [5.74, 6) is -3.21. The summed E-state index contributed by atoms with van der Waals surface area (Å²) in [6.45, 7) is 3.08. The Morgan fingerprint density at radius 1 is 1.33 bits per heavy atom. The van der Waals surface area contributed by atoms with Crippen molar-refractivity contribution in [2.45, 2.75) is 19.8 Å². The Kier molecular flexibility index (Phi) is 4.59. The molecule has 5 nitrogen and oxygen atoms in total. The van der Waals surface area contributed by atoms with E-state index in [0.717, 1.165) is 0 Å². The number of ketones is 1. The normalized spacial score (nSPS) is 11.7. The smallest absolute Gasteiger partial charge is 0.335 e. The molecule has 1 aromatic carbocycles. The number of aromatic carboxylic acids is 1. The van der Waals surface area contributed by atoms with Crippen molar-refractivity contribution in [2.24, 2.45) is 0 Å². The summed E-state index contributed by atoms with van der Waals surface area (Å²) in [6, 6.07) is 5.74. The van der Waals surface area contributed by atoms with Crippen LogP contribution in [-0.4, -0.2) is 29.4 Å². The molecule has 0 radical (unpaired) electrons. The first-order chi connectivity index (χ1) is 8.47. The highest BCUT2D eigenvalue weighted by molar-refractivity contribution is 6.03. The molecule has 0 amide bonds. The number of rotatable bonds is 5. The molecule has 18 heavy (non-hydrogen) atoms. The lowest BCUT2D eigenvalue weighted by Crippen LogP contribution is -2.22. The van der Waals surface area contributed by atoms with Crippen molar-refractivity contribution in [3.8, 4) is 0 Å². The number of carbonyl (C=O) groups excluding carboxylic acids is 2. The third-order valence-electron chi connectivity index (χ3n) is 2.40. The zero-order valence-corrected chi connectivity index (χ0v) is 10.2. The minimum Gasteiger partial charge on any atom is -0.478 e. The SMILES string of the molecule is CCOC(=O)C(C(C)=O)c1cccc(C(=O)O)c1. The fraction of sp³-hybridized carbons (Fsp3) is 0.308. The number of esters is 1. The number of hydrogen-bond donors (Lipinski definition) is 1. The highest BCUT2D eigenvalue weighted by Crippen LogP contribution is 2.20. The minimum atomic E-state index is -1.11. The van der Waals surface area contributed by atoms with Gasteiger partial charge in [0.05, 0.1) is 12.2 Å². The first-order valence-electron chi connectivity index (χ1n) is 5.47. The van der Waals surface area contributed by atoms with E-state index >= 15 is 0 Å². The van der Waals surface area contributed by atoms with Gasteiger partial charge in [-0.15, -0.1) is 0 Å². The van der Waals surface area contributed by atoms with Crippen LogP contribution in [0.1, 0.15) is 35.7 Å². The highest BCUT2D eigenvalue weighted by Gasteiger charge is 2.27. The summed E-state index contributed by atoms with van der Waals surface area (Å²) in [5.41, 5.74) is 0.365. The van der Waals surface area contributed by atoms with Crippen LogP contribution >= 0.6 is 0 Å². The molecule has 0 aromatic heterocycles. The average molecular weight is 250 g/mol. The van der Waals surface area contributed by atoms with Crippen molar-refractivity contribution in [3.63, 3.8) is 0 Å². The molecule has 0 bridgehead atoms. The fourth-order valence-electron chi connectivity index (χ4n) is 1.61. The van der Waals surface area contributed by atoms with Gasteiger partial charge in [-0.1, -0.05) is 12.1 Å². The van der Waals surface area contributed by atoms with E-state index in [9.17, 15) is 14.4 Å². The first-order valence-corrected chi connectivity index (χ1v) is 5.47. The third kappa shape index (κ3) is 3.16. The Labute approximate surface area is 104 Å². The fourth-order valence-corrected chi connectivity index (χ4v) is 1.61. The van der Waals surface area contributed by atoms with Gasteiger partial charge in [0.1, 0.15) is 11.7 Å². The molecule has 1 unspecified atom stereocenters. The van der Waals surface area contributed by atoms with Crippen LogP contribution in [0.15, 0.2) is 24.3 Å². The van der Waals surface area contributed by atoms with Crippen molar-refractivity contribution in [1.29, 1.82) is 0 Å². The summed E-state index contributed by atoms with van der Waals surface area (Å²) in [4.78, 5) is 34.0. The molecule has 0 fully saturated rings. The summed E-state index contributed by atoms with van der Waals surface area (Å²) in [6.07, 6.45) is 0. The predicted molar refractivity (Wildman–Crippen MR) is 63.5 cm³/mol.